The molecule has 0 saturated carbocycles. The van der Waals surface area contributed by atoms with Gasteiger partial charge < -0.3 is 9.47 Å². The number of para-hydroxylation sites is 2. The van der Waals surface area contributed by atoms with Gasteiger partial charge in [-0.2, -0.15) is 0 Å². The van der Waals surface area contributed by atoms with Gasteiger partial charge in [0.2, 0.25) is 9.84 Å². The number of sulfone groups is 1. The molecule has 5 heteroatoms. The van der Waals surface area contributed by atoms with Gasteiger partial charge >= 0.3 is 0 Å². The molecule has 4 rings (SSSR count). The van der Waals surface area contributed by atoms with Gasteiger partial charge in [0.15, 0.2) is 0 Å². The first-order valence-electron chi connectivity index (χ1n) is 10.7. The highest BCUT2D eigenvalue weighted by molar-refractivity contribution is 7.91. The van der Waals surface area contributed by atoms with Crippen LogP contribution in [0.4, 0.5) is 0 Å². The van der Waals surface area contributed by atoms with Crippen LogP contribution in [0.2, 0.25) is 0 Å². The van der Waals surface area contributed by atoms with Crippen molar-refractivity contribution in [3.05, 3.63) is 107 Å². The van der Waals surface area contributed by atoms with Crippen LogP contribution in [-0.4, -0.2) is 8.42 Å². The topological polar surface area (TPSA) is 52.6 Å². The smallest absolute Gasteiger partial charge is 0.206 e. The molecule has 0 aliphatic carbocycles. The summed E-state index contributed by atoms with van der Waals surface area (Å²) in [4.78, 5) is 0.416. The van der Waals surface area contributed by atoms with Crippen LogP contribution in [0.1, 0.15) is 22.3 Å². The second-order valence-electron chi connectivity index (χ2n) is 8.09. The average Bonchev–Trinajstić information content (AvgIpc) is 2.80. The van der Waals surface area contributed by atoms with E-state index >= 15 is 0 Å². The van der Waals surface area contributed by atoms with Gasteiger partial charge in [-0.1, -0.05) is 36.4 Å². The molecule has 4 aromatic carbocycles. The van der Waals surface area contributed by atoms with E-state index in [4.69, 9.17) is 9.47 Å². The first kappa shape index (κ1) is 22.6. The lowest BCUT2D eigenvalue weighted by Crippen LogP contribution is -2.02. The minimum atomic E-state index is -3.66. The molecule has 0 amide bonds. The molecular formula is C28H26O4S. The molecule has 0 saturated heterocycles. The monoisotopic (exact) mass is 458 g/mol. The first-order chi connectivity index (χ1) is 15.8. The Balaban J connectivity index is 1.53. The van der Waals surface area contributed by atoms with Crippen molar-refractivity contribution < 1.29 is 17.9 Å². The van der Waals surface area contributed by atoms with E-state index < -0.39 is 9.84 Å². The molecule has 0 spiro atoms. The Morgan fingerprint density at radius 2 is 0.788 bits per heavy atom. The number of benzene rings is 4. The maximum absolute atomic E-state index is 13.1. The lowest BCUT2D eigenvalue weighted by atomic mass is 10.1. The molecule has 0 aromatic heterocycles. The average molecular weight is 459 g/mol. The predicted molar refractivity (Wildman–Crippen MR) is 130 cm³/mol. The SMILES string of the molecule is Cc1cccc(C)c1Oc1ccc(S(=O)(=O)c2ccc(Oc3c(C)cccc3C)cc2)cc1. The molecule has 0 aliphatic heterocycles. The number of hydrogen-bond donors (Lipinski definition) is 0. The van der Waals surface area contributed by atoms with Crippen LogP contribution in [0.3, 0.4) is 0 Å². The summed E-state index contributed by atoms with van der Waals surface area (Å²) >= 11 is 0. The van der Waals surface area contributed by atoms with E-state index in [9.17, 15) is 8.42 Å². The molecule has 168 valence electrons. The summed E-state index contributed by atoms with van der Waals surface area (Å²) in [5.74, 6) is 2.74. The van der Waals surface area contributed by atoms with Crippen molar-refractivity contribution in [3.8, 4) is 23.0 Å². The van der Waals surface area contributed by atoms with Crippen LogP contribution in [-0.2, 0) is 9.84 Å². The van der Waals surface area contributed by atoms with Gasteiger partial charge in [0.1, 0.15) is 23.0 Å². The summed E-state index contributed by atoms with van der Waals surface area (Å²) in [6, 6.07) is 24.9. The minimum absolute atomic E-state index is 0.208. The van der Waals surface area contributed by atoms with Gasteiger partial charge in [0, 0.05) is 0 Å². The van der Waals surface area contributed by atoms with E-state index in [0.717, 1.165) is 33.8 Å². The third-order valence-electron chi connectivity index (χ3n) is 5.53. The van der Waals surface area contributed by atoms with Gasteiger partial charge in [0.25, 0.3) is 0 Å². The molecule has 0 atom stereocenters. The van der Waals surface area contributed by atoms with E-state index in [1.54, 1.807) is 48.5 Å². The highest BCUT2D eigenvalue weighted by atomic mass is 32.2. The third kappa shape index (κ3) is 4.78. The number of rotatable bonds is 6. The molecule has 0 aliphatic rings. The Labute approximate surface area is 195 Å². The summed E-state index contributed by atoms with van der Waals surface area (Å²) in [5.41, 5.74) is 4.09. The first-order valence-corrected chi connectivity index (χ1v) is 12.2. The molecule has 33 heavy (non-hydrogen) atoms. The number of hydrogen-bond acceptors (Lipinski definition) is 4. The van der Waals surface area contributed by atoms with E-state index in [1.807, 2.05) is 64.1 Å². The van der Waals surface area contributed by atoms with Gasteiger partial charge in [-0.05, 0) is 98.5 Å². The van der Waals surface area contributed by atoms with Crippen LogP contribution in [0.15, 0.2) is 94.7 Å². The zero-order valence-corrected chi connectivity index (χ0v) is 19.9. The van der Waals surface area contributed by atoms with E-state index in [1.165, 1.54) is 0 Å². The molecular weight excluding hydrogens is 432 g/mol. The van der Waals surface area contributed by atoms with Crippen LogP contribution in [0.5, 0.6) is 23.0 Å². The fraction of sp³-hybridized carbons (Fsp3) is 0.143. The summed E-state index contributed by atoms with van der Waals surface area (Å²) in [6.07, 6.45) is 0. The second-order valence-corrected chi connectivity index (χ2v) is 10.0. The van der Waals surface area contributed by atoms with Crippen molar-refractivity contribution in [1.29, 1.82) is 0 Å². The van der Waals surface area contributed by atoms with Crippen LogP contribution in [0.25, 0.3) is 0 Å². The number of aryl methyl sites for hydroxylation is 4. The fourth-order valence-corrected chi connectivity index (χ4v) is 4.93. The van der Waals surface area contributed by atoms with Crippen molar-refractivity contribution in [2.24, 2.45) is 0 Å². The largest absolute Gasteiger partial charge is 0.457 e. The normalized spacial score (nSPS) is 11.3. The van der Waals surface area contributed by atoms with Crippen LogP contribution >= 0.6 is 0 Å². The zero-order chi connectivity index (χ0) is 23.6. The van der Waals surface area contributed by atoms with Crippen molar-refractivity contribution in [2.45, 2.75) is 37.5 Å². The minimum Gasteiger partial charge on any atom is -0.457 e. The highest BCUT2D eigenvalue weighted by Gasteiger charge is 2.18. The Kier molecular flexibility index (Phi) is 6.25. The third-order valence-corrected chi connectivity index (χ3v) is 7.31. The molecule has 0 heterocycles. The summed E-state index contributed by atoms with van der Waals surface area (Å²) in [6.45, 7) is 7.92. The van der Waals surface area contributed by atoms with Crippen LogP contribution in [0, 0.1) is 27.7 Å². The van der Waals surface area contributed by atoms with Crippen molar-refractivity contribution >= 4 is 9.84 Å². The molecule has 0 bridgehead atoms. The summed E-state index contributed by atoms with van der Waals surface area (Å²) in [5, 5.41) is 0. The van der Waals surface area contributed by atoms with Crippen molar-refractivity contribution in [2.75, 3.05) is 0 Å². The molecule has 4 aromatic rings. The molecule has 0 fully saturated rings. The Bertz CT molecular complexity index is 1240. The Morgan fingerprint density at radius 1 is 0.485 bits per heavy atom. The van der Waals surface area contributed by atoms with Crippen molar-refractivity contribution in [3.63, 3.8) is 0 Å². The summed E-state index contributed by atoms with van der Waals surface area (Å²) in [7, 11) is -3.66. The van der Waals surface area contributed by atoms with Gasteiger partial charge in [-0.3, -0.25) is 0 Å². The maximum Gasteiger partial charge on any atom is 0.206 e. The van der Waals surface area contributed by atoms with Crippen LogP contribution < -0.4 is 9.47 Å². The van der Waals surface area contributed by atoms with E-state index in [2.05, 4.69) is 0 Å². The predicted octanol–water partition coefficient (Wildman–Crippen LogP) is 7.34. The Morgan fingerprint density at radius 3 is 1.09 bits per heavy atom. The van der Waals surface area contributed by atoms with Gasteiger partial charge in [-0.15, -0.1) is 0 Å². The maximum atomic E-state index is 13.1. The van der Waals surface area contributed by atoms with Gasteiger partial charge in [0.05, 0.1) is 9.79 Å². The highest BCUT2D eigenvalue weighted by Crippen LogP contribution is 2.32. The summed E-state index contributed by atoms with van der Waals surface area (Å²) < 4.78 is 38.2. The lowest BCUT2D eigenvalue weighted by Gasteiger charge is -2.13. The van der Waals surface area contributed by atoms with E-state index in [-0.39, 0.29) is 9.79 Å². The number of ether oxygens (including phenoxy) is 2. The lowest BCUT2D eigenvalue weighted by molar-refractivity contribution is 0.474. The van der Waals surface area contributed by atoms with Crippen molar-refractivity contribution in [1.82, 2.24) is 0 Å². The molecule has 0 radical (unpaired) electrons. The Hall–Kier alpha value is -3.57. The molecule has 0 N–H and O–H groups in total. The second kappa shape index (κ2) is 9.12. The fourth-order valence-electron chi connectivity index (χ4n) is 3.67. The standard InChI is InChI=1S/C28H26O4S/c1-19-7-5-8-20(2)27(19)31-23-11-15-25(16-12-23)33(29,30)26-17-13-24(14-18-26)32-28-21(3)9-6-10-22(28)4/h5-18H,1-4H3. The van der Waals surface area contributed by atoms with Gasteiger partial charge in [-0.25, -0.2) is 8.42 Å². The molecule has 0 unspecified atom stereocenters. The zero-order valence-electron chi connectivity index (χ0n) is 19.1. The molecule has 4 nitrogen and oxygen atoms in total. The quantitative estimate of drug-likeness (QED) is 0.303. The van der Waals surface area contributed by atoms with E-state index in [0.29, 0.717) is 11.5 Å².